The third-order valence-corrected chi connectivity index (χ3v) is 3.99. The molecule has 0 radical (unpaired) electrons. The number of phenolic OH excluding ortho intramolecular Hbond substituents is 1. The van der Waals surface area contributed by atoms with Crippen molar-refractivity contribution in [2.75, 3.05) is 6.54 Å². The molecule has 0 saturated heterocycles. The molecule has 0 heterocycles. The Labute approximate surface area is 104 Å². The second-order valence-electron chi connectivity index (χ2n) is 6.22. The second kappa shape index (κ2) is 4.34. The average Bonchev–Trinajstić information content (AvgIpc) is 2.26. The zero-order valence-electron chi connectivity index (χ0n) is 11.0. The number of nitrogens with two attached hydrogens (primary N) is 1. The standard InChI is InChI=1S/C15H23NO/c1-15(2,3)14-10(9-16)7-8-11-12(14)5-4-6-13(11)17/h4-6,10,14,17H,7-9,16H2,1-3H3. The largest absolute Gasteiger partial charge is 0.508 e. The van der Waals surface area contributed by atoms with Crippen LogP contribution in [0.5, 0.6) is 5.75 Å². The molecule has 0 fully saturated rings. The molecule has 94 valence electrons. The zero-order valence-corrected chi connectivity index (χ0v) is 11.0. The summed E-state index contributed by atoms with van der Waals surface area (Å²) in [5.41, 5.74) is 8.55. The Bertz CT molecular complexity index is 406. The number of phenols is 1. The molecule has 1 aromatic carbocycles. The van der Waals surface area contributed by atoms with Crippen LogP contribution < -0.4 is 5.73 Å². The van der Waals surface area contributed by atoms with Gasteiger partial charge in [0.05, 0.1) is 0 Å². The Kier molecular flexibility index (Phi) is 3.17. The normalized spacial score (nSPS) is 24.5. The van der Waals surface area contributed by atoms with E-state index in [-0.39, 0.29) is 5.41 Å². The van der Waals surface area contributed by atoms with Gasteiger partial charge >= 0.3 is 0 Å². The Morgan fingerprint density at radius 2 is 2.06 bits per heavy atom. The molecule has 2 rings (SSSR count). The molecule has 1 aromatic rings. The van der Waals surface area contributed by atoms with Gasteiger partial charge in [0.1, 0.15) is 5.75 Å². The van der Waals surface area contributed by atoms with Gasteiger partial charge in [-0.15, -0.1) is 0 Å². The Morgan fingerprint density at radius 1 is 1.35 bits per heavy atom. The third-order valence-electron chi connectivity index (χ3n) is 3.99. The molecule has 3 N–H and O–H groups in total. The summed E-state index contributed by atoms with van der Waals surface area (Å²) in [4.78, 5) is 0. The summed E-state index contributed by atoms with van der Waals surface area (Å²) in [5, 5.41) is 9.97. The molecule has 2 heteroatoms. The Balaban J connectivity index is 2.51. The van der Waals surface area contributed by atoms with Gasteiger partial charge in [0.25, 0.3) is 0 Å². The Morgan fingerprint density at radius 3 is 2.65 bits per heavy atom. The highest BCUT2D eigenvalue weighted by molar-refractivity contribution is 5.44. The topological polar surface area (TPSA) is 46.2 Å². The highest BCUT2D eigenvalue weighted by Crippen LogP contribution is 2.48. The molecular formula is C15H23NO. The smallest absolute Gasteiger partial charge is 0.119 e. The van der Waals surface area contributed by atoms with E-state index in [0.717, 1.165) is 24.9 Å². The van der Waals surface area contributed by atoms with Crippen LogP contribution in [0.25, 0.3) is 0 Å². The van der Waals surface area contributed by atoms with Gasteiger partial charge in [-0.25, -0.2) is 0 Å². The molecule has 0 spiro atoms. The lowest BCUT2D eigenvalue weighted by Gasteiger charge is -2.41. The van der Waals surface area contributed by atoms with Crippen LogP contribution in [-0.2, 0) is 6.42 Å². The minimum absolute atomic E-state index is 0.188. The molecule has 1 aliphatic carbocycles. The molecule has 0 amide bonds. The highest BCUT2D eigenvalue weighted by Gasteiger charge is 2.37. The molecule has 2 atom stereocenters. The molecule has 0 aliphatic heterocycles. The molecule has 0 aromatic heterocycles. The number of aromatic hydroxyl groups is 1. The minimum Gasteiger partial charge on any atom is -0.508 e. The maximum atomic E-state index is 9.97. The lowest BCUT2D eigenvalue weighted by molar-refractivity contribution is 0.215. The SMILES string of the molecule is CC(C)(C)C1c2cccc(O)c2CCC1CN. The zero-order chi connectivity index (χ0) is 12.6. The van der Waals surface area contributed by atoms with Crippen LogP contribution in [0.4, 0.5) is 0 Å². The van der Waals surface area contributed by atoms with Crippen LogP contribution in [0.1, 0.15) is 44.2 Å². The van der Waals surface area contributed by atoms with E-state index in [1.807, 2.05) is 6.07 Å². The van der Waals surface area contributed by atoms with Gasteiger partial charge in [-0.1, -0.05) is 32.9 Å². The van der Waals surface area contributed by atoms with Crippen molar-refractivity contribution in [2.24, 2.45) is 17.1 Å². The van der Waals surface area contributed by atoms with Crippen LogP contribution in [0.3, 0.4) is 0 Å². The predicted molar refractivity (Wildman–Crippen MR) is 71.2 cm³/mol. The first-order chi connectivity index (χ1) is 7.95. The molecule has 2 nitrogen and oxygen atoms in total. The van der Waals surface area contributed by atoms with E-state index in [4.69, 9.17) is 5.73 Å². The maximum absolute atomic E-state index is 9.97. The van der Waals surface area contributed by atoms with Crippen LogP contribution in [0.2, 0.25) is 0 Å². The first-order valence-electron chi connectivity index (χ1n) is 6.46. The summed E-state index contributed by atoms with van der Waals surface area (Å²) < 4.78 is 0. The fourth-order valence-corrected chi connectivity index (χ4v) is 3.33. The van der Waals surface area contributed by atoms with Crippen LogP contribution in [0.15, 0.2) is 18.2 Å². The van der Waals surface area contributed by atoms with Crippen molar-refractivity contribution in [2.45, 2.75) is 39.5 Å². The van der Waals surface area contributed by atoms with E-state index in [2.05, 4.69) is 26.8 Å². The second-order valence-corrected chi connectivity index (χ2v) is 6.22. The Hall–Kier alpha value is -1.02. The van der Waals surface area contributed by atoms with Crippen molar-refractivity contribution in [3.8, 4) is 5.75 Å². The van der Waals surface area contributed by atoms with E-state index in [9.17, 15) is 5.11 Å². The third kappa shape index (κ3) is 2.19. The van der Waals surface area contributed by atoms with E-state index in [0.29, 0.717) is 17.6 Å². The molecule has 0 bridgehead atoms. The van der Waals surface area contributed by atoms with Gasteiger partial charge in [-0.3, -0.25) is 0 Å². The molecule has 1 aliphatic rings. The lowest BCUT2D eigenvalue weighted by atomic mass is 9.64. The van der Waals surface area contributed by atoms with Gasteiger partial charge in [-0.05, 0) is 53.8 Å². The average molecular weight is 233 g/mol. The lowest BCUT2D eigenvalue weighted by Crippen LogP contribution is -2.34. The monoisotopic (exact) mass is 233 g/mol. The predicted octanol–water partition coefficient (Wildman–Crippen LogP) is 3.04. The maximum Gasteiger partial charge on any atom is 0.119 e. The number of hydrogen-bond donors (Lipinski definition) is 2. The summed E-state index contributed by atoms with van der Waals surface area (Å²) in [7, 11) is 0. The molecule has 2 unspecified atom stereocenters. The van der Waals surface area contributed by atoms with E-state index < -0.39 is 0 Å². The van der Waals surface area contributed by atoms with E-state index >= 15 is 0 Å². The summed E-state index contributed by atoms with van der Waals surface area (Å²) in [5.74, 6) is 1.43. The van der Waals surface area contributed by atoms with Crippen molar-refractivity contribution in [1.29, 1.82) is 0 Å². The summed E-state index contributed by atoms with van der Waals surface area (Å²) >= 11 is 0. The van der Waals surface area contributed by atoms with Crippen molar-refractivity contribution >= 4 is 0 Å². The minimum atomic E-state index is 0.188. The molecule has 17 heavy (non-hydrogen) atoms. The van der Waals surface area contributed by atoms with Crippen molar-refractivity contribution in [3.63, 3.8) is 0 Å². The number of rotatable bonds is 1. The van der Waals surface area contributed by atoms with Gasteiger partial charge in [-0.2, -0.15) is 0 Å². The quantitative estimate of drug-likeness (QED) is 0.783. The van der Waals surface area contributed by atoms with E-state index in [1.54, 1.807) is 6.07 Å². The number of benzene rings is 1. The van der Waals surface area contributed by atoms with Crippen LogP contribution in [-0.4, -0.2) is 11.7 Å². The van der Waals surface area contributed by atoms with Gasteiger partial charge in [0.2, 0.25) is 0 Å². The number of fused-ring (bicyclic) bond motifs is 1. The summed E-state index contributed by atoms with van der Waals surface area (Å²) in [6.07, 6.45) is 2.04. The van der Waals surface area contributed by atoms with Crippen molar-refractivity contribution in [3.05, 3.63) is 29.3 Å². The van der Waals surface area contributed by atoms with Gasteiger partial charge in [0.15, 0.2) is 0 Å². The van der Waals surface area contributed by atoms with Crippen LogP contribution >= 0.6 is 0 Å². The van der Waals surface area contributed by atoms with Crippen LogP contribution in [0, 0.1) is 11.3 Å². The molecular weight excluding hydrogens is 210 g/mol. The first-order valence-corrected chi connectivity index (χ1v) is 6.46. The van der Waals surface area contributed by atoms with Gasteiger partial charge in [0, 0.05) is 0 Å². The fourth-order valence-electron chi connectivity index (χ4n) is 3.33. The number of hydrogen-bond acceptors (Lipinski definition) is 2. The summed E-state index contributed by atoms with van der Waals surface area (Å²) in [6, 6.07) is 5.90. The van der Waals surface area contributed by atoms with Gasteiger partial charge < -0.3 is 10.8 Å². The summed E-state index contributed by atoms with van der Waals surface area (Å²) in [6.45, 7) is 7.52. The van der Waals surface area contributed by atoms with Crippen molar-refractivity contribution in [1.82, 2.24) is 0 Å². The fraction of sp³-hybridized carbons (Fsp3) is 0.600. The van der Waals surface area contributed by atoms with E-state index in [1.165, 1.54) is 5.56 Å². The highest BCUT2D eigenvalue weighted by atomic mass is 16.3. The first kappa shape index (κ1) is 12.4. The molecule has 0 saturated carbocycles. The van der Waals surface area contributed by atoms with Crippen molar-refractivity contribution < 1.29 is 5.11 Å².